The van der Waals surface area contributed by atoms with Crippen LogP contribution in [0.25, 0.3) is 0 Å². The van der Waals surface area contributed by atoms with Crippen LogP contribution in [0.3, 0.4) is 0 Å². The predicted octanol–water partition coefficient (Wildman–Crippen LogP) is 3.96. The van der Waals surface area contributed by atoms with E-state index in [2.05, 4.69) is 41.9 Å². The van der Waals surface area contributed by atoms with Crippen LogP contribution in [-0.2, 0) is 5.41 Å². The van der Waals surface area contributed by atoms with Gasteiger partial charge in [0.1, 0.15) is 5.75 Å². The third-order valence-electron chi connectivity index (χ3n) is 4.22. The summed E-state index contributed by atoms with van der Waals surface area (Å²) in [5, 5.41) is 0. The highest BCUT2D eigenvalue weighted by molar-refractivity contribution is 9.10. The van der Waals surface area contributed by atoms with Gasteiger partial charge in [-0.3, -0.25) is 0 Å². The van der Waals surface area contributed by atoms with Gasteiger partial charge in [-0.25, -0.2) is 0 Å². The van der Waals surface area contributed by atoms with E-state index < -0.39 is 0 Å². The molecule has 0 aromatic heterocycles. The molecule has 0 radical (unpaired) electrons. The van der Waals surface area contributed by atoms with Gasteiger partial charge in [0.25, 0.3) is 0 Å². The molecule has 0 unspecified atom stereocenters. The van der Waals surface area contributed by atoms with Crippen LogP contribution in [0.5, 0.6) is 5.75 Å². The van der Waals surface area contributed by atoms with Crippen LogP contribution in [-0.4, -0.2) is 13.7 Å². The highest BCUT2D eigenvalue weighted by atomic mass is 79.9. The summed E-state index contributed by atoms with van der Waals surface area (Å²) in [6.45, 7) is 5.14. The number of methoxy groups -OCH3 is 1. The molecule has 0 spiro atoms. The van der Waals surface area contributed by atoms with E-state index in [4.69, 9.17) is 10.5 Å². The second kappa shape index (κ2) is 5.22. The van der Waals surface area contributed by atoms with Gasteiger partial charge in [-0.1, -0.05) is 26.3 Å². The largest absolute Gasteiger partial charge is 0.496 e. The van der Waals surface area contributed by atoms with Gasteiger partial charge in [0, 0.05) is 12.0 Å². The van der Waals surface area contributed by atoms with Crippen molar-refractivity contribution in [3.05, 3.63) is 27.7 Å². The minimum Gasteiger partial charge on any atom is -0.496 e. The first-order valence-electron chi connectivity index (χ1n) is 6.62. The van der Waals surface area contributed by atoms with E-state index in [1.54, 1.807) is 7.11 Å². The Balaban J connectivity index is 2.54. The van der Waals surface area contributed by atoms with Crippen molar-refractivity contribution < 1.29 is 4.74 Å². The molecule has 0 amide bonds. The molecule has 1 fully saturated rings. The van der Waals surface area contributed by atoms with Crippen molar-refractivity contribution in [2.75, 3.05) is 13.7 Å². The molecule has 18 heavy (non-hydrogen) atoms. The Kier molecular flexibility index (Phi) is 4.02. The third-order valence-corrected chi connectivity index (χ3v) is 5.04. The second-order valence-electron chi connectivity index (χ2n) is 5.58. The summed E-state index contributed by atoms with van der Waals surface area (Å²) in [4.78, 5) is 0. The topological polar surface area (TPSA) is 35.2 Å². The fourth-order valence-electron chi connectivity index (χ4n) is 2.67. The SMILES string of the molecule is COc1cc(C(C)C)cc(C2(CN)CCC2)c1Br. The maximum absolute atomic E-state index is 6.03. The monoisotopic (exact) mass is 311 g/mol. The lowest BCUT2D eigenvalue weighted by Gasteiger charge is -2.42. The van der Waals surface area contributed by atoms with Crippen molar-refractivity contribution in [1.82, 2.24) is 0 Å². The zero-order valence-electron chi connectivity index (χ0n) is 11.4. The normalized spacial score (nSPS) is 17.7. The highest BCUT2D eigenvalue weighted by Gasteiger charge is 2.39. The second-order valence-corrected chi connectivity index (χ2v) is 6.37. The van der Waals surface area contributed by atoms with E-state index in [1.807, 2.05) is 0 Å². The first kappa shape index (κ1) is 13.9. The summed E-state index contributed by atoms with van der Waals surface area (Å²) in [5.41, 5.74) is 8.85. The van der Waals surface area contributed by atoms with Crippen LogP contribution in [0.1, 0.15) is 50.2 Å². The molecule has 0 aliphatic heterocycles. The number of benzene rings is 1. The molecule has 0 atom stereocenters. The summed E-state index contributed by atoms with van der Waals surface area (Å²) in [7, 11) is 1.73. The van der Waals surface area contributed by atoms with Crippen LogP contribution < -0.4 is 10.5 Å². The van der Waals surface area contributed by atoms with Crippen LogP contribution in [0.4, 0.5) is 0 Å². The van der Waals surface area contributed by atoms with Crippen LogP contribution in [0.15, 0.2) is 16.6 Å². The van der Waals surface area contributed by atoms with Gasteiger partial charge in [-0.05, 0) is 51.9 Å². The molecule has 2 nitrogen and oxygen atoms in total. The van der Waals surface area contributed by atoms with Crippen molar-refractivity contribution in [3.8, 4) is 5.75 Å². The number of rotatable bonds is 4. The molecule has 1 aliphatic carbocycles. The number of hydrogen-bond acceptors (Lipinski definition) is 2. The Labute approximate surface area is 118 Å². The predicted molar refractivity (Wildman–Crippen MR) is 79.4 cm³/mol. The van der Waals surface area contributed by atoms with Crippen LogP contribution in [0.2, 0.25) is 0 Å². The molecule has 0 bridgehead atoms. The maximum Gasteiger partial charge on any atom is 0.133 e. The minimum absolute atomic E-state index is 0.164. The van der Waals surface area contributed by atoms with Crippen molar-refractivity contribution >= 4 is 15.9 Å². The number of halogens is 1. The van der Waals surface area contributed by atoms with Gasteiger partial charge in [0.15, 0.2) is 0 Å². The lowest BCUT2D eigenvalue weighted by molar-refractivity contribution is 0.250. The molecule has 2 rings (SSSR count). The van der Waals surface area contributed by atoms with E-state index in [9.17, 15) is 0 Å². The third kappa shape index (κ3) is 2.19. The van der Waals surface area contributed by atoms with Gasteiger partial charge < -0.3 is 10.5 Å². The lowest BCUT2D eigenvalue weighted by atomic mass is 9.64. The number of nitrogens with two attached hydrogens (primary N) is 1. The summed E-state index contributed by atoms with van der Waals surface area (Å²) >= 11 is 3.70. The standard InChI is InChI=1S/C15H22BrNO/c1-10(2)11-7-12(14(16)13(8-11)18-3)15(9-17)5-4-6-15/h7-8,10H,4-6,9,17H2,1-3H3. The van der Waals surface area contributed by atoms with E-state index in [0.29, 0.717) is 5.92 Å². The van der Waals surface area contributed by atoms with Crippen LogP contribution >= 0.6 is 15.9 Å². The first-order valence-corrected chi connectivity index (χ1v) is 7.41. The Morgan fingerprint density at radius 1 is 1.39 bits per heavy atom. The lowest BCUT2D eigenvalue weighted by Crippen LogP contribution is -2.42. The average molecular weight is 312 g/mol. The molecule has 0 saturated heterocycles. The van der Waals surface area contributed by atoms with Gasteiger partial charge in [-0.2, -0.15) is 0 Å². The summed E-state index contributed by atoms with van der Waals surface area (Å²) in [6, 6.07) is 4.43. The van der Waals surface area contributed by atoms with Crippen molar-refractivity contribution in [2.24, 2.45) is 5.73 Å². The molecule has 0 heterocycles. The molecule has 100 valence electrons. The quantitative estimate of drug-likeness (QED) is 0.913. The Morgan fingerprint density at radius 2 is 2.06 bits per heavy atom. The Bertz CT molecular complexity index is 433. The molecule has 1 aromatic rings. The van der Waals surface area contributed by atoms with E-state index >= 15 is 0 Å². The van der Waals surface area contributed by atoms with Gasteiger partial charge in [-0.15, -0.1) is 0 Å². The van der Waals surface area contributed by atoms with Crippen molar-refractivity contribution in [2.45, 2.75) is 44.4 Å². The smallest absolute Gasteiger partial charge is 0.133 e. The number of ether oxygens (including phenoxy) is 1. The first-order chi connectivity index (χ1) is 8.54. The molecule has 2 N–H and O–H groups in total. The Hall–Kier alpha value is -0.540. The zero-order chi connectivity index (χ0) is 13.3. The molecule has 3 heteroatoms. The molecular formula is C15H22BrNO. The fourth-order valence-corrected chi connectivity index (χ4v) is 3.49. The Morgan fingerprint density at radius 3 is 2.44 bits per heavy atom. The molecule has 1 aromatic carbocycles. The van der Waals surface area contributed by atoms with Crippen LogP contribution in [0, 0.1) is 0 Å². The van der Waals surface area contributed by atoms with Crippen molar-refractivity contribution in [3.63, 3.8) is 0 Å². The molecular weight excluding hydrogens is 290 g/mol. The number of hydrogen-bond donors (Lipinski definition) is 1. The summed E-state index contributed by atoms with van der Waals surface area (Å²) < 4.78 is 6.58. The van der Waals surface area contributed by atoms with Gasteiger partial charge >= 0.3 is 0 Å². The van der Waals surface area contributed by atoms with E-state index in [1.165, 1.54) is 30.4 Å². The molecule has 1 saturated carbocycles. The fraction of sp³-hybridized carbons (Fsp3) is 0.600. The highest BCUT2D eigenvalue weighted by Crippen LogP contribution is 2.48. The van der Waals surface area contributed by atoms with Crippen molar-refractivity contribution in [1.29, 1.82) is 0 Å². The van der Waals surface area contributed by atoms with E-state index in [-0.39, 0.29) is 5.41 Å². The maximum atomic E-state index is 6.03. The average Bonchev–Trinajstić information content (AvgIpc) is 2.30. The zero-order valence-corrected chi connectivity index (χ0v) is 13.0. The summed E-state index contributed by atoms with van der Waals surface area (Å²) in [5.74, 6) is 1.43. The minimum atomic E-state index is 0.164. The van der Waals surface area contributed by atoms with E-state index in [0.717, 1.165) is 16.8 Å². The molecule has 1 aliphatic rings. The van der Waals surface area contributed by atoms with Gasteiger partial charge in [0.05, 0.1) is 11.6 Å². The summed E-state index contributed by atoms with van der Waals surface area (Å²) in [6.07, 6.45) is 3.65. The van der Waals surface area contributed by atoms with Gasteiger partial charge in [0.2, 0.25) is 0 Å².